The van der Waals surface area contributed by atoms with Crippen LogP contribution in [-0.4, -0.2) is 0 Å². The third kappa shape index (κ3) is 3.04. The SMILES string of the molecule is Fc1ccc(F)c(COc2ccc(F)c(Br)c2)c1. The van der Waals surface area contributed by atoms with Gasteiger partial charge in [0, 0.05) is 5.56 Å². The molecule has 0 aliphatic carbocycles. The number of ether oxygens (including phenoxy) is 1. The van der Waals surface area contributed by atoms with Gasteiger partial charge in [0.1, 0.15) is 29.8 Å². The van der Waals surface area contributed by atoms with Gasteiger partial charge in [-0.25, -0.2) is 13.2 Å². The smallest absolute Gasteiger partial charge is 0.137 e. The first-order valence-electron chi connectivity index (χ1n) is 5.08. The maximum atomic E-state index is 13.3. The van der Waals surface area contributed by atoms with Crippen molar-refractivity contribution in [3.8, 4) is 5.75 Å². The molecule has 0 amide bonds. The van der Waals surface area contributed by atoms with E-state index in [0.717, 1.165) is 18.2 Å². The fourth-order valence-corrected chi connectivity index (χ4v) is 1.74. The molecule has 0 aliphatic heterocycles. The molecule has 0 N–H and O–H groups in total. The molecule has 5 heteroatoms. The highest BCUT2D eigenvalue weighted by Gasteiger charge is 2.06. The molecule has 2 aromatic carbocycles. The molecule has 0 fully saturated rings. The van der Waals surface area contributed by atoms with Crippen LogP contribution in [0.2, 0.25) is 0 Å². The highest BCUT2D eigenvalue weighted by Crippen LogP contribution is 2.22. The van der Waals surface area contributed by atoms with Crippen LogP contribution in [0.1, 0.15) is 5.56 Å². The summed E-state index contributed by atoms with van der Waals surface area (Å²) in [7, 11) is 0. The molecule has 0 bridgehead atoms. The minimum Gasteiger partial charge on any atom is -0.489 e. The number of hydrogen-bond donors (Lipinski definition) is 0. The van der Waals surface area contributed by atoms with E-state index in [0.29, 0.717) is 5.75 Å². The summed E-state index contributed by atoms with van der Waals surface area (Å²) in [6.45, 7) is -0.123. The van der Waals surface area contributed by atoms with Gasteiger partial charge in [-0.15, -0.1) is 0 Å². The molecule has 0 aliphatic rings. The molecule has 0 radical (unpaired) electrons. The van der Waals surface area contributed by atoms with E-state index < -0.39 is 17.5 Å². The van der Waals surface area contributed by atoms with Gasteiger partial charge in [0.15, 0.2) is 0 Å². The first kappa shape index (κ1) is 13.0. The Kier molecular flexibility index (Phi) is 3.91. The number of hydrogen-bond acceptors (Lipinski definition) is 1. The molecule has 0 saturated carbocycles. The highest BCUT2D eigenvalue weighted by molar-refractivity contribution is 9.10. The van der Waals surface area contributed by atoms with Crippen molar-refractivity contribution >= 4 is 15.9 Å². The van der Waals surface area contributed by atoms with Gasteiger partial charge < -0.3 is 4.74 Å². The van der Waals surface area contributed by atoms with Gasteiger partial charge >= 0.3 is 0 Å². The molecular weight excluding hydrogens is 309 g/mol. The van der Waals surface area contributed by atoms with Gasteiger partial charge in [0.2, 0.25) is 0 Å². The van der Waals surface area contributed by atoms with Crippen molar-refractivity contribution in [1.29, 1.82) is 0 Å². The van der Waals surface area contributed by atoms with Crippen LogP contribution in [0.25, 0.3) is 0 Å². The van der Waals surface area contributed by atoms with Crippen LogP contribution in [0.4, 0.5) is 13.2 Å². The molecule has 2 aromatic rings. The second kappa shape index (κ2) is 5.44. The van der Waals surface area contributed by atoms with E-state index in [1.165, 1.54) is 18.2 Å². The molecule has 0 aromatic heterocycles. The quantitative estimate of drug-likeness (QED) is 0.813. The van der Waals surface area contributed by atoms with Gasteiger partial charge in [-0.05, 0) is 52.3 Å². The van der Waals surface area contributed by atoms with Crippen molar-refractivity contribution < 1.29 is 17.9 Å². The van der Waals surface area contributed by atoms with E-state index in [2.05, 4.69) is 15.9 Å². The Morgan fingerprint density at radius 3 is 2.39 bits per heavy atom. The fraction of sp³-hybridized carbons (Fsp3) is 0.0769. The lowest BCUT2D eigenvalue weighted by Crippen LogP contribution is -1.99. The molecule has 0 atom stereocenters. The molecule has 0 heterocycles. The van der Waals surface area contributed by atoms with Crippen LogP contribution in [0.5, 0.6) is 5.75 Å². The second-order valence-corrected chi connectivity index (χ2v) is 4.45. The van der Waals surface area contributed by atoms with E-state index in [1.807, 2.05) is 0 Å². The van der Waals surface area contributed by atoms with Gasteiger partial charge in [0.25, 0.3) is 0 Å². The Labute approximate surface area is 110 Å². The van der Waals surface area contributed by atoms with Crippen LogP contribution in [-0.2, 0) is 6.61 Å². The van der Waals surface area contributed by atoms with Crippen molar-refractivity contribution in [3.05, 3.63) is 63.9 Å². The molecule has 0 spiro atoms. The average Bonchev–Trinajstić information content (AvgIpc) is 2.34. The van der Waals surface area contributed by atoms with Gasteiger partial charge in [-0.1, -0.05) is 0 Å². The lowest BCUT2D eigenvalue weighted by molar-refractivity contribution is 0.298. The summed E-state index contributed by atoms with van der Waals surface area (Å²) in [6.07, 6.45) is 0. The molecule has 0 unspecified atom stereocenters. The zero-order valence-electron chi connectivity index (χ0n) is 9.09. The van der Waals surface area contributed by atoms with Crippen molar-refractivity contribution in [2.75, 3.05) is 0 Å². The van der Waals surface area contributed by atoms with Gasteiger partial charge in [-0.3, -0.25) is 0 Å². The first-order chi connectivity index (χ1) is 8.56. The maximum Gasteiger partial charge on any atom is 0.137 e. The van der Waals surface area contributed by atoms with Crippen LogP contribution in [0.3, 0.4) is 0 Å². The summed E-state index contributed by atoms with van der Waals surface area (Å²) < 4.78 is 44.7. The predicted molar refractivity (Wildman–Crippen MR) is 64.8 cm³/mol. The normalized spacial score (nSPS) is 10.4. The largest absolute Gasteiger partial charge is 0.489 e. The Balaban J connectivity index is 2.11. The Morgan fingerprint density at radius 2 is 1.67 bits per heavy atom. The van der Waals surface area contributed by atoms with Crippen molar-refractivity contribution in [2.45, 2.75) is 6.61 Å². The summed E-state index contributed by atoms with van der Waals surface area (Å²) in [6, 6.07) is 7.20. The van der Waals surface area contributed by atoms with Crippen LogP contribution in [0.15, 0.2) is 40.9 Å². The first-order valence-corrected chi connectivity index (χ1v) is 5.87. The number of benzene rings is 2. The summed E-state index contributed by atoms with van der Waals surface area (Å²) in [4.78, 5) is 0. The topological polar surface area (TPSA) is 9.23 Å². The van der Waals surface area contributed by atoms with E-state index in [1.54, 1.807) is 0 Å². The maximum absolute atomic E-state index is 13.3. The van der Waals surface area contributed by atoms with Crippen molar-refractivity contribution in [1.82, 2.24) is 0 Å². The van der Waals surface area contributed by atoms with E-state index in [4.69, 9.17) is 4.74 Å². The standard InChI is InChI=1S/C13H8BrF3O/c14-11-6-10(2-4-13(11)17)18-7-8-5-9(15)1-3-12(8)16/h1-6H,7H2. The average molecular weight is 317 g/mol. The summed E-state index contributed by atoms with van der Waals surface area (Å²) >= 11 is 3.01. The molecule has 94 valence electrons. The predicted octanol–water partition coefficient (Wildman–Crippen LogP) is 4.45. The van der Waals surface area contributed by atoms with E-state index in [9.17, 15) is 13.2 Å². The third-order valence-corrected chi connectivity index (χ3v) is 2.90. The van der Waals surface area contributed by atoms with Crippen molar-refractivity contribution in [3.63, 3.8) is 0 Å². The zero-order valence-corrected chi connectivity index (χ0v) is 10.7. The lowest BCUT2D eigenvalue weighted by Gasteiger charge is -2.08. The Bertz CT molecular complexity index is 572. The summed E-state index contributed by atoms with van der Waals surface area (Å²) in [5, 5.41) is 0. The number of halogens is 4. The molecule has 1 nitrogen and oxygen atoms in total. The summed E-state index contributed by atoms with van der Waals surface area (Å²) in [5.41, 5.74) is 0.107. The monoisotopic (exact) mass is 316 g/mol. The molecule has 0 saturated heterocycles. The Hall–Kier alpha value is -1.49. The van der Waals surface area contributed by atoms with E-state index >= 15 is 0 Å². The Morgan fingerprint density at radius 1 is 0.944 bits per heavy atom. The summed E-state index contributed by atoms with van der Waals surface area (Å²) in [5.74, 6) is -1.13. The highest BCUT2D eigenvalue weighted by atomic mass is 79.9. The zero-order chi connectivity index (χ0) is 13.1. The van der Waals surface area contributed by atoms with Gasteiger partial charge in [-0.2, -0.15) is 0 Å². The van der Waals surface area contributed by atoms with E-state index in [-0.39, 0.29) is 16.6 Å². The molecular formula is C13H8BrF3O. The van der Waals surface area contributed by atoms with Crippen LogP contribution < -0.4 is 4.74 Å². The minimum absolute atomic E-state index is 0.107. The number of rotatable bonds is 3. The lowest BCUT2D eigenvalue weighted by atomic mass is 10.2. The van der Waals surface area contributed by atoms with Gasteiger partial charge in [0.05, 0.1) is 4.47 Å². The second-order valence-electron chi connectivity index (χ2n) is 3.60. The van der Waals surface area contributed by atoms with Crippen LogP contribution >= 0.6 is 15.9 Å². The third-order valence-electron chi connectivity index (χ3n) is 2.29. The molecule has 18 heavy (non-hydrogen) atoms. The van der Waals surface area contributed by atoms with Crippen LogP contribution in [0, 0.1) is 17.5 Å². The minimum atomic E-state index is -0.544. The fourth-order valence-electron chi connectivity index (χ4n) is 1.38. The van der Waals surface area contributed by atoms with Crippen molar-refractivity contribution in [2.24, 2.45) is 0 Å². The molecule has 2 rings (SSSR count).